The van der Waals surface area contributed by atoms with E-state index in [-0.39, 0.29) is 5.91 Å². The Morgan fingerprint density at radius 2 is 2.07 bits per heavy atom. The first kappa shape index (κ1) is 18.3. The van der Waals surface area contributed by atoms with Crippen LogP contribution in [0.4, 0.5) is 5.69 Å². The van der Waals surface area contributed by atoms with Gasteiger partial charge in [0.2, 0.25) is 0 Å². The lowest BCUT2D eigenvalue weighted by atomic mass is 10.1. The molecule has 7 nitrogen and oxygen atoms in total. The fourth-order valence-corrected chi connectivity index (χ4v) is 3.84. The third kappa shape index (κ3) is 3.00. The molecular weight excluding hydrogens is 402 g/mol. The van der Waals surface area contributed by atoms with Gasteiger partial charge in [-0.3, -0.25) is 14.5 Å². The zero-order valence-corrected chi connectivity index (χ0v) is 16.9. The summed E-state index contributed by atoms with van der Waals surface area (Å²) >= 11 is 6.25. The number of aryl methyl sites for hydroxylation is 2. The quantitative estimate of drug-likeness (QED) is 0.447. The highest BCUT2D eigenvalue weighted by Crippen LogP contribution is 2.30. The van der Waals surface area contributed by atoms with E-state index in [9.17, 15) is 4.79 Å². The third-order valence-electron chi connectivity index (χ3n) is 4.90. The SMILES string of the molecule is Cc1nn(C)c2nc(-c3ccco3)cc(C(=O)Nc3cc(Cl)cc4cccnc34)c12. The van der Waals surface area contributed by atoms with Crippen molar-refractivity contribution in [2.24, 2.45) is 7.05 Å². The van der Waals surface area contributed by atoms with E-state index in [1.165, 1.54) is 0 Å². The molecule has 5 rings (SSSR count). The van der Waals surface area contributed by atoms with Gasteiger partial charge < -0.3 is 9.73 Å². The molecule has 1 amide bonds. The molecular formula is C22H16ClN5O2. The summed E-state index contributed by atoms with van der Waals surface area (Å²) in [6.45, 7) is 1.85. The van der Waals surface area contributed by atoms with Crippen molar-refractivity contribution >= 4 is 45.1 Å². The second-order valence-electron chi connectivity index (χ2n) is 6.92. The Balaban J connectivity index is 1.67. The monoisotopic (exact) mass is 417 g/mol. The Kier molecular flexibility index (Phi) is 4.25. The van der Waals surface area contributed by atoms with Crippen LogP contribution >= 0.6 is 11.6 Å². The lowest BCUT2D eigenvalue weighted by Gasteiger charge is -2.11. The molecule has 0 radical (unpaired) electrons. The van der Waals surface area contributed by atoms with Crippen molar-refractivity contribution in [3.8, 4) is 11.5 Å². The summed E-state index contributed by atoms with van der Waals surface area (Å²) in [6, 6.07) is 12.5. The van der Waals surface area contributed by atoms with E-state index in [1.54, 1.807) is 48.5 Å². The van der Waals surface area contributed by atoms with Crippen LogP contribution in [0, 0.1) is 6.92 Å². The maximum absolute atomic E-state index is 13.4. The standard InChI is InChI=1S/C22H16ClN5O2/c1-12-19-15(11-16(18-6-4-8-30-18)25-21(19)28(2)27-12)22(29)26-17-10-14(23)9-13-5-3-7-24-20(13)17/h3-11H,1-2H3,(H,26,29). The molecule has 0 aliphatic carbocycles. The number of furan rings is 1. The summed E-state index contributed by atoms with van der Waals surface area (Å²) in [5, 5.41) is 9.44. The van der Waals surface area contributed by atoms with E-state index in [0.717, 1.165) is 5.39 Å². The summed E-state index contributed by atoms with van der Waals surface area (Å²) in [5.41, 5.74) is 3.51. The van der Waals surface area contributed by atoms with Crippen molar-refractivity contribution in [1.82, 2.24) is 19.7 Å². The molecule has 30 heavy (non-hydrogen) atoms. The highest BCUT2D eigenvalue weighted by Gasteiger charge is 2.21. The van der Waals surface area contributed by atoms with Gasteiger partial charge >= 0.3 is 0 Å². The predicted molar refractivity (Wildman–Crippen MR) is 116 cm³/mol. The second kappa shape index (κ2) is 6.96. The number of fused-ring (bicyclic) bond motifs is 2. The first-order chi connectivity index (χ1) is 14.5. The van der Waals surface area contributed by atoms with Crippen LogP contribution in [0.25, 0.3) is 33.4 Å². The van der Waals surface area contributed by atoms with Crippen LogP contribution in [0.2, 0.25) is 5.02 Å². The van der Waals surface area contributed by atoms with Gasteiger partial charge in [-0.15, -0.1) is 0 Å². The highest BCUT2D eigenvalue weighted by molar-refractivity contribution is 6.32. The molecule has 0 atom stereocenters. The van der Waals surface area contributed by atoms with E-state index in [0.29, 0.717) is 50.0 Å². The number of pyridine rings is 2. The number of carbonyl (C=O) groups is 1. The zero-order chi connectivity index (χ0) is 20.8. The number of hydrogen-bond acceptors (Lipinski definition) is 5. The van der Waals surface area contributed by atoms with Crippen LogP contribution in [-0.4, -0.2) is 25.7 Å². The van der Waals surface area contributed by atoms with Gasteiger partial charge in [0.15, 0.2) is 11.4 Å². The van der Waals surface area contributed by atoms with Crippen molar-refractivity contribution in [1.29, 1.82) is 0 Å². The van der Waals surface area contributed by atoms with E-state index in [1.807, 2.05) is 25.1 Å². The minimum absolute atomic E-state index is 0.305. The lowest BCUT2D eigenvalue weighted by molar-refractivity contribution is 0.102. The van der Waals surface area contributed by atoms with Crippen LogP contribution in [0.15, 0.2) is 59.3 Å². The zero-order valence-electron chi connectivity index (χ0n) is 16.2. The maximum Gasteiger partial charge on any atom is 0.256 e. The number of nitrogens with one attached hydrogen (secondary N) is 1. The van der Waals surface area contributed by atoms with E-state index in [2.05, 4.69) is 20.4 Å². The molecule has 0 saturated heterocycles. The Morgan fingerprint density at radius 1 is 1.20 bits per heavy atom. The largest absolute Gasteiger partial charge is 0.463 e. The average Bonchev–Trinajstić information content (AvgIpc) is 3.36. The van der Waals surface area contributed by atoms with Gasteiger partial charge in [-0.2, -0.15) is 5.10 Å². The first-order valence-electron chi connectivity index (χ1n) is 9.25. The molecule has 0 saturated carbocycles. The summed E-state index contributed by atoms with van der Waals surface area (Å²) in [6.07, 6.45) is 3.25. The van der Waals surface area contributed by atoms with Gasteiger partial charge in [0.25, 0.3) is 5.91 Å². The summed E-state index contributed by atoms with van der Waals surface area (Å²) < 4.78 is 7.15. The normalized spacial score (nSPS) is 11.3. The molecule has 0 unspecified atom stereocenters. The third-order valence-corrected chi connectivity index (χ3v) is 5.12. The molecule has 1 aromatic carbocycles. The maximum atomic E-state index is 13.4. The van der Waals surface area contributed by atoms with Gasteiger partial charge in [0.05, 0.1) is 34.1 Å². The molecule has 4 aromatic heterocycles. The first-order valence-corrected chi connectivity index (χ1v) is 9.63. The Morgan fingerprint density at radius 3 is 2.87 bits per heavy atom. The molecule has 1 N–H and O–H groups in total. The summed E-state index contributed by atoms with van der Waals surface area (Å²) in [5.74, 6) is 0.264. The molecule has 0 spiro atoms. The van der Waals surface area contributed by atoms with Crippen molar-refractivity contribution in [3.63, 3.8) is 0 Å². The van der Waals surface area contributed by atoms with E-state index >= 15 is 0 Å². The van der Waals surface area contributed by atoms with Gasteiger partial charge in [-0.25, -0.2) is 4.98 Å². The number of benzene rings is 1. The highest BCUT2D eigenvalue weighted by atomic mass is 35.5. The molecule has 8 heteroatoms. The molecule has 148 valence electrons. The van der Waals surface area contributed by atoms with Gasteiger partial charge in [0.1, 0.15) is 5.69 Å². The fraction of sp³-hybridized carbons (Fsp3) is 0.0909. The summed E-state index contributed by atoms with van der Waals surface area (Å²) in [4.78, 5) is 22.4. The Labute approximate surface area is 176 Å². The molecule has 4 heterocycles. The number of halogens is 1. The van der Waals surface area contributed by atoms with Crippen LogP contribution in [0.5, 0.6) is 0 Å². The molecule has 0 fully saturated rings. The van der Waals surface area contributed by atoms with E-state index in [4.69, 9.17) is 16.0 Å². The number of aromatic nitrogens is 4. The van der Waals surface area contributed by atoms with Crippen molar-refractivity contribution in [2.75, 3.05) is 5.32 Å². The number of carbonyl (C=O) groups excluding carboxylic acids is 1. The van der Waals surface area contributed by atoms with Crippen molar-refractivity contribution in [3.05, 3.63) is 71.2 Å². The average molecular weight is 418 g/mol. The van der Waals surface area contributed by atoms with Gasteiger partial charge in [-0.1, -0.05) is 17.7 Å². The van der Waals surface area contributed by atoms with Gasteiger partial charge in [0, 0.05) is 23.7 Å². The molecule has 0 aliphatic rings. The molecule has 0 bridgehead atoms. The van der Waals surface area contributed by atoms with Crippen LogP contribution in [-0.2, 0) is 7.05 Å². The topological polar surface area (TPSA) is 85.8 Å². The van der Waals surface area contributed by atoms with Crippen molar-refractivity contribution < 1.29 is 9.21 Å². The second-order valence-corrected chi connectivity index (χ2v) is 7.36. The Hall–Kier alpha value is -3.71. The predicted octanol–water partition coefficient (Wildman–Crippen LogP) is 4.99. The number of anilines is 1. The lowest BCUT2D eigenvalue weighted by Crippen LogP contribution is -2.14. The minimum Gasteiger partial charge on any atom is -0.463 e. The molecule has 0 aliphatic heterocycles. The Bertz CT molecular complexity index is 1420. The van der Waals surface area contributed by atoms with Gasteiger partial charge in [-0.05, 0) is 43.3 Å². The minimum atomic E-state index is -0.305. The van der Waals surface area contributed by atoms with E-state index < -0.39 is 0 Å². The van der Waals surface area contributed by atoms with Crippen LogP contribution in [0.3, 0.4) is 0 Å². The van der Waals surface area contributed by atoms with Crippen molar-refractivity contribution in [2.45, 2.75) is 6.92 Å². The number of amides is 1. The smallest absolute Gasteiger partial charge is 0.256 e. The summed E-state index contributed by atoms with van der Waals surface area (Å²) in [7, 11) is 1.80. The molecule has 5 aromatic rings. The number of rotatable bonds is 3. The van der Waals surface area contributed by atoms with Crippen LogP contribution < -0.4 is 5.32 Å². The fourth-order valence-electron chi connectivity index (χ4n) is 3.62. The number of hydrogen-bond donors (Lipinski definition) is 1. The van der Waals surface area contributed by atoms with Crippen LogP contribution in [0.1, 0.15) is 16.1 Å². The number of nitrogens with zero attached hydrogens (tertiary/aromatic N) is 4.